The number of unbranched alkanes of at least 4 members (excludes halogenated alkanes) is 1. The number of hydrogen-bond donors (Lipinski definition) is 1. The van der Waals surface area contributed by atoms with Crippen LogP contribution in [0.15, 0.2) is 58.9 Å². The second-order valence-electron chi connectivity index (χ2n) is 8.23. The van der Waals surface area contributed by atoms with Gasteiger partial charge in [-0.05, 0) is 35.8 Å². The van der Waals surface area contributed by atoms with Crippen molar-refractivity contribution >= 4 is 63.9 Å². The Morgan fingerprint density at radius 2 is 1.73 bits per heavy atom. The number of nitrogens with two attached hydrogens (primary N) is 1. The Morgan fingerprint density at radius 1 is 1.05 bits per heavy atom. The van der Waals surface area contributed by atoms with Crippen molar-refractivity contribution in [1.82, 2.24) is 4.57 Å². The Bertz CT molecular complexity index is 1590. The first kappa shape index (κ1) is 26.7. The molecule has 10 heteroatoms. The van der Waals surface area contributed by atoms with Crippen molar-refractivity contribution < 1.29 is 19.1 Å². The van der Waals surface area contributed by atoms with Crippen LogP contribution in [0.3, 0.4) is 0 Å². The highest BCUT2D eigenvalue weighted by molar-refractivity contribution is 7.07. The molecule has 1 aliphatic rings. The summed E-state index contributed by atoms with van der Waals surface area (Å²) in [6, 6.07) is 13.8. The first-order valence-electron chi connectivity index (χ1n) is 11.5. The largest absolute Gasteiger partial charge is 0.466 e. The number of hydrogen-bond acceptors (Lipinski definition) is 7. The van der Waals surface area contributed by atoms with Gasteiger partial charge in [0.1, 0.15) is 10.5 Å². The van der Waals surface area contributed by atoms with Crippen LogP contribution in [0.5, 0.6) is 0 Å². The van der Waals surface area contributed by atoms with Crippen LogP contribution < -0.4 is 20.5 Å². The molecule has 37 heavy (non-hydrogen) atoms. The van der Waals surface area contributed by atoms with Gasteiger partial charge in [-0.3, -0.25) is 9.36 Å². The van der Waals surface area contributed by atoms with E-state index >= 15 is 0 Å². The van der Waals surface area contributed by atoms with Crippen molar-refractivity contribution in [3.8, 4) is 0 Å². The molecule has 0 fully saturated rings. The number of aromatic nitrogens is 1. The fourth-order valence-electron chi connectivity index (χ4n) is 4.10. The van der Waals surface area contributed by atoms with Crippen LogP contribution in [0.4, 0.5) is 0 Å². The molecule has 3 aromatic rings. The van der Waals surface area contributed by atoms with Crippen LogP contribution in [0.25, 0.3) is 17.5 Å². The van der Waals surface area contributed by atoms with Crippen LogP contribution in [0.2, 0.25) is 10.0 Å². The Labute approximate surface area is 227 Å². The fourth-order valence-corrected chi connectivity index (χ4v) is 5.69. The van der Waals surface area contributed by atoms with Gasteiger partial charge in [-0.2, -0.15) is 0 Å². The molecule has 0 bridgehead atoms. The number of nitrogens with zero attached hydrogens (tertiary/aromatic N) is 1. The molecule has 1 aliphatic heterocycles. The maximum absolute atomic E-state index is 13.6. The van der Waals surface area contributed by atoms with Crippen LogP contribution in [0.1, 0.15) is 36.8 Å². The number of methoxy groups -OCH3 is 1. The molecule has 0 amide bonds. The topological polar surface area (TPSA) is 101 Å². The van der Waals surface area contributed by atoms with E-state index in [4.69, 9.17) is 38.4 Å². The number of rotatable bonds is 7. The van der Waals surface area contributed by atoms with E-state index in [1.54, 1.807) is 54.6 Å². The van der Waals surface area contributed by atoms with Gasteiger partial charge < -0.3 is 15.2 Å². The average Bonchev–Trinajstić information content (AvgIpc) is 3.21. The van der Waals surface area contributed by atoms with Gasteiger partial charge in [-0.15, -0.1) is 11.3 Å². The molecular weight excluding hydrogens is 535 g/mol. The molecule has 0 spiro atoms. The third-order valence-corrected chi connectivity index (χ3v) is 7.71. The van der Waals surface area contributed by atoms with Gasteiger partial charge in [-0.1, -0.05) is 72.9 Å². The maximum atomic E-state index is 13.6. The third-order valence-electron chi connectivity index (χ3n) is 5.91. The summed E-state index contributed by atoms with van der Waals surface area (Å²) in [7, 11) is 1.23. The van der Waals surface area contributed by atoms with E-state index in [0.717, 1.165) is 22.3 Å². The van der Waals surface area contributed by atoms with E-state index in [9.17, 15) is 14.4 Å². The second kappa shape index (κ2) is 11.4. The predicted molar refractivity (Wildman–Crippen MR) is 146 cm³/mol. The lowest BCUT2D eigenvalue weighted by Gasteiger charge is -2.27. The molecular formula is C27H24Cl2N2O5S. The first-order valence-corrected chi connectivity index (χ1v) is 13.1. The summed E-state index contributed by atoms with van der Waals surface area (Å²) in [4.78, 5) is 40.2. The van der Waals surface area contributed by atoms with E-state index in [1.807, 2.05) is 6.92 Å². The molecule has 0 saturated carbocycles. The van der Waals surface area contributed by atoms with E-state index in [-0.39, 0.29) is 32.8 Å². The summed E-state index contributed by atoms with van der Waals surface area (Å²) in [6.07, 6.45) is 3.07. The standard InChI is InChI=1S/C27H24Cl2N2O5S/c1-3-4-13-36-27(34)21-20(16-10-6-8-12-18(16)29)22(26(33)35-2)25-31(23(21)30)24(32)19(37-25)14-15-9-5-7-11-17(15)28/h5-12,14,20H,3-4,13,30H2,1-2H3. The summed E-state index contributed by atoms with van der Waals surface area (Å²) in [5, 5.41) is 0.767. The number of carbonyl (C=O) groups is 2. The van der Waals surface area contributed by atoms with E-state index in [1.165, 1.54) is 7.11 Å². The van der Waals surface area contributed by atoms with Crippen LogP contribution >= 0.6 is 34.5 Å². The summed E-state index contributed by atoms with van der Waals surface area (Å²) >= 11 is 13.9. The molecule has 2 heterocycles. The van der Waals surface area contributed by atoms with Gasteiger partial charge in [-0.25, -0.2) is 9.59 Å². The Balaban J connectivity index is 2.09. The van der Waals surface area contributed by atoms with Crippen LogP contribution in [-0.2, 0) is 19.1 Å². The highest BCUT2D eigenvalue weighted by atomic mass is 35.5. The molecule has 0 aliphatic carbocycles. The normalized spacial score (nSPS) is 15.5. The third kappa shape index (κ3) is 5.09. The van der Waals surface area contributed by atoms with E-state index in [0.29, 0.717) is 27.6 Å². The Morgan fingerprint density at radius 3 is 2.38 bits per heavy atom. The number of benzene rings is 2. The van der Waals surface area contributed by atoms with Gasteiger partial charge in [0.15, 0.2) is 0 Å². The summed E-state index contributed by atoms with van der Waals surface area (Å²) < 4.78 is 12.3. The lowest BCUT2D eigenvalue weighted by molar-refractivity contribution is -0.139. The van der Waals surface area contributed by atoms with E-state index < -0.39 is 23.4 Å². The predicted octanol–water partition coefficient (Wildman–Crippen LogP) is 3.64. The molecule has 2 aromatic carbocycles. The zero-order valence-corrected chi connectivity index (χ0v) is 22.5. The maximum Gasteiger partial charge on any atom is 0.338 e. The number of thiazole rings is 1. The highest BCUT2D eigenvalue weighted by Crippen LogP contribution is 2.40. The number of fused-ring (bicyclic) bond motifs is 1. The van der Waals surface area contributed by atoms with Gasteiger partial charge in [0, 0.05) is 10.0 Å². The van der Waals surface area contributed by atoms with Crippen molar-refractivity contribution in [3.63, 3.8) is 0 Å². The van der Waals surface area contributed by atoms with Crippen molar-refractivity contribution in [2.75, 3.05) is 13.7 Å². The molecule has 7 nitrogen and oxygen atoms in total. The van der Waals surface area contributed by atoms with Crippen molar-refractivity contribution in [2.24, 2.45) is 5.73 Å². The van der Waals surface area contributed by atoms with Crippen molar-refractivity contribution in [3.05, 3.63) is 94.8 Å². The minimum atomic E-state index is -1.01. The Kier molecular flexibility index (Phi) is 8.22. The lowest BCUT2D eigenvalue weighted by atomic mass is 9.83. The number of halogens is 2. The lowest BCUT2D eigenvalue weighted by Crippen LogP contribution is -2.42. The number of ether oxygens (including phenoxy) is 2. The van der Waals surface area contributed by atoms with Gasteiger partial charge in [0.05, 0.1) is 35.3 Å². The van der Waals surface area contributed by atoms with Crippen LogP contribution in [-0.4, -0.2) is 30.2 Å². The molecule has 0 radical (unpaired) electrons. The molecule has 1 unspecified atom stereocenters. The molecule has 0 saturated heterocycles. The molecule has 1 atom stereocenters. The SMILES string of the molecule is CCCCOC(=O)C1=C(N)n2c(sc(=Cc3ccccc3Cl)c2=O)=C(C(=O)OC)C1c1ccccc1Cl. The molecule has 4 rings (SSSR count). The van der Waals surface area contributed by atoms with Gasteiger partial charge in [0.2, 0.25) is 0 Å². The fraction of sp³-hybridized carbons (Fsp3) is 0.222. The first-order chi connectivity index (χ1) is 17.8. The average molecular weight is 559 g/mol. The summed E-state index contributed by atoms with van der Waals surface area (Å²) in [5.41, 5.74) is 7.09. The Hall–Kier alpha value is -3.33. The minimum Gasteiger partial charge on any atom is -0.466 e. The van der Waals surface area contributed by atoms with Crippen molar-refractivity contribution in [2.45, 2.75) is 25.7 Å². The highest BCUT2D eigenvalue weighted by Gasteiger charge is 2.40. The van der Waals surface area contributed by atoms with Gasteiger partial charge in [0.25, 0.3) is 5.56 Å². The summed E-state index contributed by atoms with van der Waals surface area (Å²) in [6.45, 7) is 2.12. The molecule has 192 valence electrons. The zero-order valence-electron chi connectivity index (χ0n) is 20.1. The van der Waals surface area contributed by atoms with Gasteiger partial charge >= 0.3 is 11.9 Å². The monoisotopic (exact) mass is 558 g/mol. The second-order valence-corrected chi connectivity index (χ2v) is 10.1. The number of esters is 2. The smallest absolute Gasteiger partial charge is 0.338 e. The number of carbonyl (C=O) groups excluding carboxylic acids is 2. The van der Waals surface area contributed by atoms with E-state index in [2.05, 4.69) is 0 Å². The summed E-state index contributed by atoms with van der Waals surface area (Å²) in [5.74, 6) is -2.61. The minimum absolute atomic E-state index is 0.0544. The zero-order chi connectivity index (χ0) is 26.7. The molecule has 2 N–H and O–H groups in total. The van der Waals surface area contributed by atoms with Crippen molar-refractivity contribution in [1.29, 1.82) is 0 Å². The quantitative estimate of drug-likeness (QED) is 0.351. The van der Waals surface area contributed by atoms with Crippen LogP contribution in [0, 0.1) is 0 Å². The molecule has 1 aromatic heterocycles.